The van der Waals surface area contributed by atoms with E-state index in [0.717, 1.165) is 29.5 Å². The summed E-state index contributed by atoms with van der Waals surface area (Å²) in [6, 6.07) is 8.31. The van der Waals surface area contributed by atoms with Crippen LogP contribution in [0.2, 0.25) is 0 Å². The standard InChI is InChI=1S/C19H22N4OS/c1-11-12(2)25-19-17(11)18(21-10-22-19)23-8-15(16(20)9-23)13-4-6-14(24-3)7-5-13/h4-7,10,15-16H,8-9,20H2,1-3H3/t15-,16+/m1/s1. The summed E-state index contributed by atoms with van der Waals surface area (Å²) in [7, 11) is 1.68. The molecular formula is C19H22N4OS. The van der Waals surface area contributed by atoms with Gasteiger partial charge >= 0.3 is 0 Å². The molecule has 0 amide bonds. The molecule has 5 nitrogen and oxygen atoms in total. The summed E-state index contributed by atoms with van der Waals surface area (Å²) < 4.78 is 5.26. The molecule has 6 heteroatoms. The third-order valence-electron chi connectivity index (χ3n) is 5.15. The summed E-state index contributed by atoms with van der Waals surface area (Å²) in [5, 5.41) is 1.17. The molecule has 25 heavy (non-hydrogen) atoms. The minimum atomic E-state index is 0.0819. The van der Waals surface area contributed by atoms with Crippen LogP contribution >= 0.6 is 11.3 Å². The largest absolute Gasteiger partial charge is 0.497 e. The van der Waals surface area contributed by atoms with E-state index in [1.807, 2.05) is 12.1 Å². The second kappa shape index (κ2) is 6.28. The van der Waals surface area contributed by atoms with E-state index in [4.69, 9.17) is 10.5 Å². The van der Waals surface area contributed by atoms with Crippen molar-refractivity contribution in [3.8, 4) is 5.75 Å². The van der Waals surface area contributed by atoms with Crippen molar-refractivity contribution in [2.75, 3.05) is 25.1 Å². The Hall–Kier alpha value is -2.18. The zero-order valence-corrected chi connectivity index (χ0v) is 15.5. The molecule has 130 valence electrons. The number of methoxy groups -OCH3 is 1. The van der Waals surface area contributed by atoms with Gasteiger partial charge in [-0.3, -0.25) is 0 Å². The van der Waals surface area contributed by atoms with Gasteiger partial charge in [-0.05, 0) is 37.1 Å². The topological polar surface area (TPSA) is 64.3 Å². The van der Waals surface area contributed by atoms with E-state index in [2.05, 4.69) is 40.8 Å². The average Bonchev–Trinajstić information content (AvgIpc) is 3.15. The second-order valence-electron chi connectivity index (χ2n) is 6.61. The van der Waals surface area contributed by atoms with Gasteiger partial charge < -0.3 is 15.4 Å². The molecule has 2 aromatic heterocycles. The number of hydrogen-bond donors (Lipinski definition) is 1. The van der Waals surface area contributed by atoms with E-state index in [-0.39, 0.29) is 12.0 Å². The Morgan fingerprint density at radius 2 is 1.92 bits per heavy atom. The van der Waals surface area contributed by atoms with Crippen LogP contribution in [0, 0.1) is 13.8 Å². The SMILES string of the molecule is COc1ccc([C@H]2CN(c3ncnc4sc(C)c(C)c34)C[C@@H]2N)cc1. The number of thiophene rings is 1. The minimum Gasteiger partial charge on any atom is -0.497 e. The Morgan fingerprint density at radius 1 is 1.16 bits per heavy atom. The first kappa shape index (κ1) is 16.3. The van der Waals surface area contributed by atoms with Crippen molar-refractivity contribution < 1.29 is 4.74 Å². The van der Waals surface area contributed by atoms with E-state index in [1.165, 1.54) is 21.4 Å². The Kier molecular flexibility index (Phi) is 4.09. The zero-order chi connectivity index (χ0) is 17.6. The highest BCUT2D eigenvalue weighted by Crippen LogP contribution is 2.37. The maximum absolute atomic E-state index is 6.48. The average molecular weight is 354 g/mol. The van der Waals surface area contributed by atoms with Crippen LogP contribution in [-0.4, -0.2) is 36.2 Å². The van der Waals surface area contributed by atoms with Gasteiger partial charge in [-0.1, -0.05) is 12.1 Å². The van der Waals surface area contributed by atoms with E-state index in [9.17, 15) is 0 Å². The van der Waals surface area contributed by atoms with Crippen LogP contribution in [0.1, 0.15) is 21.9 Å². The fourth-order valence-corrected chi connectivity index (χ4v) is 4.60. The van der Waals surface area contributed by atoms with Crippen LogP contribution in [0.4, 0.5) is 5.82 Å². The summed E-state index contributed by atoms with van der Waals surface area (Å²) in [4.78, 5) is 13.7. The normalized spacial score (nSPS) is 20.4. The summed E-state index contributed by atoms with van der Waals surface area (Å²) in [5.74, 6) is 2.17. The number of fused-ring (bicyclic) bond motifs is 1. The minimum absolute atomic E-state index is 0.0819. The first-order valence-electron chi connectivity index (χ1n) is 8.43. The van der Waals surface area contributed by atoms with Gasteiger partial charge in [0.25, 0.3) is 0 Å². The van der Waals surface area contributed by atoms with Crippen LogP contribution in [0.5, 0.6) is 5.75 Å². The molecule has 3 aromatic rings. The number of ether oxygens (including phenoxy) is 1. The zero-order valence-electron chi connectivity index (χ0n) is 14.7. The quantitative estimate of drug-likeness (QED) is 0.782. The molecule has 1 aliphatic rings. The number of rotatable bonds is 3. The van der Waals surface area contributed by atoms with Gasteiger partial charge in [0.05, 0.1) is 12.5 Å². The fraction of sp³-hybridized carbons (Fsp3) is 0.368. The molecular weight excluding hydrogens is 332 g/mol. The first-order valence-corrected chi connectivity index (χ1v) is 9.25. The predicted octanol–water partition coefficient (Wildman–Crippen LogP) is 3.25. The maximum atomic E-state index is 6.48. The van der Waals surface area contributed by atoms with Crippen molar-refractivity contribution in [1.82, 2.24) is 9.97 Å². The molecule has 3 heterocycles. The van der Waals surface area contributed by atoms with Crippen molar-refractivity contribution in [3.05, 3.63) is 46.6 Å². The number of nitrogens with zero attached hydrogens (tertiary/aromatic N) is 3. The van der Waals surface area contributed by atoms with Crippen molar-refractivity contribution in [1.29, 1.82) is 0 Å². The Bertz CT molecular complexity index is 906. The molecule has 0 saturated carbocycles. The summed E-state index contributed by atoms with van der Waals surface area (Å²) in [6.07, 6.45) is 1.67. The van der Waals surface area contributed by atoms with Crippen LogP contribution in [0.25, 0.3) is 10.2 Å². The monoisotopic (exact) mass is 354 g/mol. The van der Waals surface area contributed by atoms with E-state index < -0.39 is 0 Å². The lowest BCUT2D eigenvalue weighted by Gasteiger charge is -2.18. The summed E-state index contributed by atoms with van der Waals surface area (Å²) in [5.41, 5.74) is 9.01. The number of nitrogens with two attached hydrogens (primary N) is 1. The molecule has 1 aromatic carbocycles. The lowest BCUT2D eigenvalue weighted by atomic mass is 9.95. The third-order valence-corrected chi connectivity index (χ3v) is 6.27. The molecule has 0 radical (unpaired) electrons. The molecule has 1 saturated heterocycles. The molecule has 1 fully saturated rings. The molecule has 0 unspecified atom stereocenters. The number of benzene rings is 1. The lowest BCUT2D eigenvalue weighted by molar-refractivity contribution is 0.414. The molecule has 2 atom stereocenters. The molecule has 0 bridgehead atoms. The van der Waals surface area contributed by atoms with Crippen molar-refractivity contribution in [2.24, 2.45) is 5.73 Å². The predicted molar refractivity (Wildman–Crippen MR) is 103 cm³/mol. The summed E-state index contributed by atoms with van der Waals surface area (Å²) in [6.45, 7) is 5.96. The molecule has 2 N–H and O–H groups in total. The van der Waals surface area contributed by atoms with Gasteiger partial charge in [-0.25, -0.2) is 9.97 Å². The number of aryl methyl sites for hydroxylation is 2. The van der Waals surface area contributed by atoms with Gasteiger partial charge in [0.1, 0.15) is 22.7 Å². The van der Waals surface area contributed by atoms with Crippen molar-refractivity contribution >= 4 is 27.4 Å². The highest BCUT2D eigenvalue weighted by Gasteiger charge is 2.33. The smallest absolute Gasteiger partial charge is 0.141 e. The molecule has 0 aliphatic carbocycles. The highest BCUT2D eigenvalue weighted by atomic mass is 32.1. The van der Waals surface area contributed by atoms with Gasteiger partial charge in [0.2, 0.25) is 0 Å². The summed E-state index contributed by atoms with van der Waals surface area (Å²) >= 11 is 1.73. The van der Waals surface area contributed by atoms with Gasteiger partial charge in [0, 0.05) is 29.9 Å². The van der Waals surface area contributed by atoms with Gasteiger partial charge in [-0.15, -0.1) is 11.3 Å². The Labute approximate surface area is 151 Å². The molecule has 4 rings (SSSR count). The van der Waals surface area contributed by atoms with Gasteiger partial charge in [-0.2, -0.15) is 0 Å². The van der Waals surface area contributed by atoms with E-state index >= 15 is 0 Å². The van der Waals surface area contributed by atoms with Crippen molar-refractivity contribution in [3.63, 3.8) is 0 Å². The van der Waals surface area contributed by atoms with Crippen LogP contribution in [0.15, 0.2) is 30.6 Å². The molecule has 1 aliphatic heterocycles. The van der Waals surface area contributed by atoms with E-state index in [0.29, 0.717) is 0 Å². The molecule has 0 spiro atoms. The van der Waals surface area contributed by atoms with Crippen LogP contribution < -0.4 is 15.4 Å². The Balaban J connectivity index is 1.67. The maximum Gasteiger partial charge on any atom is 0.141 e. The fourth-order valence-electron chi connectivity index (χ4n) is 3.61. The number of hydrogen-bond acceptors (Lipinski definition) is 6. The number of anilines is 1. The number of aromatic nitrogens is 2. The second-order valence-corrected chi connectivity index (χ2v) is 7.81. The third kappa shape index (κ3) is 2.75. The first-order chi connectivity index (χ1) is 12.1. The van der Waals surface area contributed by atoms with Gasteiger partial charge in [0.15, 0.2) is 0 Å². The van der Waals surface area contributed by atoms with Crippen LogP contribution in [0.3, 0.4) is 0 Å². The van der Waals surface area contributed by atoms with Crippen LogP contribution in [-0.2, 0) is 0 Å². The van der Waals surface area contributed by atoms with E-state index in [1.54, 1.807) is 24.8 Å². The highest BCUT2D eigenvalue weighted by molar-refractivity contribution is 7.18. The van der Waals surface area contributed by atoms with Crippen molar-refractivity contribution in [2.45, 2.75) is 25.8 Å². The lowest BCUT2D eigenvalue weighted by Crippen LogP contribution is -2.29. The Morgan fingerprint density at radius 3 is 2.64 bits per heavy atom.